The van der Waals surface area contributed by atoms with Crippen LogP contribution in [0.5, 0.6) is 0 Å². The van der Waals surface area contributed by atoms with Crippen LogP contribution in [0.15, 0.2) is 0 Å². The maximum atomic E-state index is 12.3. The van der Waals surface area contributed by atoms with Crippen molar-refractivity contribution in [1.29, 1.82) is 0 Å². The molecule has 188 valence electrons. The van der Waals surface area contributed by atoms with Crippen LogP contribution in [-0.4, -0.2) is 122 Å². The fourth-order valence-corrected chi connectivity index (χ4v) is 4.15. The molecule has 11 nitrogen and oxygen atoms in total. The van der Waals surface area contributed by atoms with Gasteiger partial charge in [0, 0.05) is 77.7 Å². The molecular weight excluding hydrogens is 442 g/mol. The van der Waals surface area contributed by atoms with Gasteiger partial charge in [-0.3, -0.25) is 29.0 Å². The molecule has 4 N–H and O–H groups in total. The van der Waals surface area contributed by atoms with Crippen molar-refractivity contribution in [2.24, 2.45) is 0 Å². The number of aliphatic carboxylic acids is 1. The first-order valence-corrected chi connectivity index (χ1v) is 12.0. The highest BCUT2D eigenvalue weighted by atomic mass is 16.5. The highest BCUT2D eigenvalue weighted by Crippen LogP contribution is 2.18. The van der Waals surface area contributed by atoms with Gasteiger partial charge in [-0.15, -0.1) is 0 Å². The predicted molar refractivity (Wildman–Crippen MR) is 124 cm³/mol. The van der Waals surface area contributed by atoms with Gasteiger partial charge in [0.1, 0.15) is 0 Å². The molecule has 0 aromatic heterocycles. The Morgan fingerprint density at radius 2 is 1.42 bits per heavy atom. The third-order valence-electron chi connectivity index (χ3n) is 6.15. The van der Waals surface area contributed by atoms with Crippen molar-refractivity contribution in [3.05, 3.63) is 0 Å². The minimum Gasteiger partial charge on any atom is -0.481 e. The Hall–Kier alpha value is -2.24. The summed E-state index contributed by atoms with van der Waals surface area (Å²) < 4.78 is 0. The molecule has 2 saturated heterocycles. The van der Waals surface area contributed by atoms with Crippen LogP contribution in [-0.2, 0) is 19.2 Å². The van der Waals surface area contributed by atoms with E-state index in [0.717, 1.165) is 52.1 Å². The summed E-state index contributed by atoms with van der Waals surface area (Å²) in [5.41, 5.74) is 0. The summed E-state index contributed by atoms with van der Waals surface area (Å²) in [6, 6.07) is 0.415. The molecule has 2 rings (SSSR count). The molecule has 0 aromatic carbocycles. The Bertz CT molecular complexity index is 653. The van der Waals surface area contributed by atoms with Gasteiger partial charge in [-0.05, 0) is 32.9 Å². The first kappa shape index (κ1) is 27.0. The van der Waals surface area contributed by atoms with Gasteiger partial charge in [-0.2, -0.15) is 0 Å². The lowest BCUT2D eigenvalue weighted by atomic mass is 10.4. The first-order valence-electron chi connectivity index (χ1n) is 12.0. The molecule has 1 atom stereocenters. The molecule has 0 aliphatic carbocycles. The largest absolute Gasteiger partial charge is 0.481 e. The number of nitrogens with one attached hydrogen (secondary N) is 3. The molecule has 0 spiro atoms. The number of carboxylic acids is 1. The van der Waals surface area contributed by atoms with Gasteiger partial charge in [-0.1, -0.05) is 0 Å². The van der Waals surface area contributed by atoms with Gasteiger partial charge in [0.25, 0.3) is 0 Å². The number of likely N-dealkylation sites (N-methyl/N-ethyl adjacent to an activating group) is 1. The lowest BCUT2D eigenvalue weighted by Crippen LogP contribution is -2.50. The van der Waals surface area contributed by atoms with Crippen LogP contribution in [0.1, 0.15) is 38.5 Å². The van der Waals surface area contributed by atoms with Crippen LogP contribution in [0.25, 0.3) is 0 Å². The van der Waals surface area contributed by atoms with Crippen molar-refractivity contribution in [1.82, 2.24) is 30.7 Å². The molecular formula is C22H40N6O5. The van der Waals surface area contributed by atoms with Gasteiger partial charge in [0.15, 0.2) is 0 Å². The zero-order chi connectivity index (χ0) is 24.1. The lowest BCUT2D eigenvalue weighted by Gasteiger charge is -2.36. The number of amides is 3. The summed E-state index contributed by atoms with van der Waals surface area (Å²) >= 11 is 0. The normalized spacial score (nSPS) is 19.8. The molecule has 2 aliphatic rings. The average molecular weight is 482 g/mol. The smallest absolute Gasteiger partial charge is 0.303 e. The Kier molecular flexibility index (Phi) is 12.1. The Morgan fingerprint density at radius 3 is 2.06 bits per heavy atom. The molecule has 0 aromatic rings. The highest BCUT2D eigenvalue weighted by molar-refractivity contribution is 5.81. The van der Waals surface area contributed by atoms with E-state index in [1.807, 2.05) is 0 Å². The number of carbonyl (C=O) groups excluding carboxylic acids is 3. The SMILES string of the molecule is C[15N]1CC[15N]([13CH2][13CH]2CCC[15N]2C[13C](=O)N[13CH2][13CH2][13C](=O)N[13CH2][13CH2][13C](=O)NCC[13CH2][13C](=O)O)CC1. The number of piperazine rings is 1. The van der Waals surface area contributed by atoms with E-state index in [1.54, 1.807) is 0 Å². The first-order chi connectivity index (χ1) is 15.8. The molecule has 33 heavy (non-hydrogen) atoms. The van der Waals surface area contributed by atoms with Gasteiger partial charge in [0.2, 0.25) is 17.7 Å². The summed E-state index contributed by atoms with van der Waals surface area (Å²) in [6.07, 6.45) is 2.92. The van der Waals surface area contributed by atoms with Crippen molar-refractivity contribution >= 4 is 23.7 Å². The van der Waals surface area contributed by atoms with E-state index in [9.17, 15) is 19.2 Å². The van der Waals surface area contributed by atoms with E-state index in [2.05, 4.69) is 37.7 Å². The molecule has 3 amide bonds. The Balaban J connectivity index is 1.52. The van der Waals surface area contributed by atoms with E-state index in [-0.39, 0.29) is 50.1 Å². The number of likely N-dealkylation sites (tertiary alicyclic amines) is 1. The maximum Gasteiger partial charge on any atom is 0.303 e. The Morgan fingerprint density at radius 1 is 0.818 bits per heavy atom. The second-order valence-corrected chi connectivity index (χ2v) is 8.92. The molecule has 11 heteroatoms. The fraction of sp³-hybridized carbons (Fsp3) is 0.818. The number of carbonyl (C=O) groups is 4. The van der Waals surface area contributed by atoms with Crippen LogP contribution >= 0.6 is 0 Å². The second-order valence-electron chi connectivity index (χ2n) is 8.92. The van der Waals surface area contributed by atoms with Crippen molar-refractivity contribution in [2.45, 2.75) is 44.6 Å². The predicted octanol–water partition coefficient (Wildman–Crippen LogP) is -1.31. The maximum absolute atomic E-state index is 12.3. The van der Waals surface area contributed by atoms with Crippen molar-refractivity contribution in [2.75, 3.05) is 72.5 Å². The van der Waals surface area contributed by atoms with E-state index in [1.165, 1.54) is 0 Å². The number of hydrogen-bond donors (Lipinski definition) is 4. The van der Waals surface area contributed by atoms with Gasteiger partial charge < -0.3 is 26.0 Å². The molecule has 2 fully saturated rings. The minimum atomic E-state index is -0.894. The van der Waals surface area contributed by atoms with Crippen LogP contribution in [0, 0.1) is 0 Å². The monoisotopic (exact) mass is 482 g/mol. The molecule has 0 bridgehead atoms. The Labute approximate surface area is 196 Å². The molecule has 2 heterocycles. The summed E-state index contributed by atoms with van der Waals surface area (Å²) in [5.74, 6) is -1.41. The van der Waals surface area contributed by atoms with E-state index in [0.29, 0.717) is 25.6 Å². The fourth-order valence-electron chi connectivity index (χ4n) is 4.15. The topological polar surface area (TPSA) is 134 Å². The zero-order valence-corrected chi connectivity index (χ0v) is 19.8. The number of rotatable bonds is 14. The quantitative estimate of drug-likeness (QED) is 0.136. The average Bonchev–Trinajstić information content (AvgIpc) is 3.19. The summed E-state index contributed by atoms with van der Waals surface area (Å²) in [5, 5.41) is 16.6. The third-order valence-corrected chi connectivity index (χ3v) is 6.15. The van der Waals surface area contributed by atoms with Crippen LogP contribution in [0.3, 0.4) is 0 Å². The minimum absolute atomic E-state index is 0.0113. The van der Waals surface area contributed by atoms with Crippen LogP contribution in [0.4, 0.5) is 0 Å². The summed E-state index contributed by atoms with van der Waals surface area (Å²) in [4.78, 5) is 53.4. The van der Waals surface area contributed by atoms with E-state index >= 15 is 0 Å². The van der Waals surface area contributed by atoms with Crippen molar-refractivity contribution in [3.63, 3.8) is 0 Å². The zero-order valence-electron chi connectivity index (χ0n) is 19.8. The standard InChI is InChI=1S/C22H40N6O5/c1-26-12-14-27(15-13-26)16-18-4-3-11-28(18)17-21(31)25-10-7-20(30)24-9-6-19(29)23-8-2-5-22(32)33/h18H,2-17H2,1H3,(H,23,29)(H,24,30)(H,25,31)(H,32,33)/i5+1,6+1,7+1,9+1,10+1,16+1,18+1,19+1,20+1,21+1,22+1,26+1,27+1,28+1. The number of hydrogen-bond acceptors (Lipinski definition) is 7. The number of carboxylic acid groups (broad SMARTS) is 1. The molecule has 0 radical (unpaired) electrons. The van der Waals surface area contributed by atoms with Crippen molar-refractivity contribution in [3.8, 4) is 0 Å². The number of nitrogens with zero attached hydrogens (tertiary/aromatic N) is 3. The van der Waals surface area contributed by atoms with E-state index in [4.69, 9.17) is 5.11 Å². The van der Waals surface area contributed by atoms with Crippen LogP contribution < -0.4 is 16.0 Å². The van der Waals surface area contributed by atoms with Crippen LogP contribution in [0.2, 0.25) is 0 Å². The lowest BCUT2D eigenvalue weighted by molar-refractivity contribution is -0.137. The molecule has 0 saturated carbocycles. The molecule has 2 aliphatic heterocycles. The van der Waals surface area contributed by atoms with E-state index < -0.39 is 5.97 Å². The van der Waals surface area contributed by atoms with Gasteiger partial charge in [-0.25, -0.2) is 0 Å². The second kappa shape index (κ2) is 14.8. The third kappa shape index (κ3) is 11.4. The van der Waals surface area contributed by atoms with Gasteiger partial charge >= 0.3 is 5.97 Å². The summed E-state index contributed by atoms with van der Waals surface area (Å²) in [7, 11) is 2.15. The van der Waals surface area contributed by atoms with Gasteiger partial charge in [0.05, 0.1) is 6.54 Å². The highest BCUT2D eigenvalue weighted by Gasteiger charge is 2.28. The van der Waals surface area contributed by atoms with Crippen molar-refractivity contribution < 1.29 is 24.3 Å². The molecule has 1 unspecified atom stereocenters. The summed E-state index contributed by atoms with van der Waals surface area (Å²) in [6.45, 7) is 7.42.